The fourth-order valence-electron chi connectivity index (χ4n) is 8.01. The van der Waals surface area contributed by atoms with Gasteiger partial charge in [0.2, 0.25) is 5.78 Å². The fraction of sp³-hybridized carbons (Fsp3) is 0.457. The average Bonchev–Trinajstić information content (AvgIpc) is 3.00. The summed E-state index contributed by atoms with van der Waals surface area (Å²) in [4.78, 5) is 48.0. The highest BCUT2D eigenvalue weighted by atomic mass is 16.3. The minimum absolute atomic E-state index is 0.0372. The zero-order valence-electron chi connectivity index (χ0n) is 27.4. The van der Waals surface area contributed by atoms with Crippen molar-refractivity contribution in [3.8, 4) is 16.9 Å². The van der Waals surface area contributed by atoms with Gasteiger partial charge in [-0.2, -0.15) is 0 Å². The lowest BCUT2D eigenvalue weighted by molar-refractivity contribution is -0.153. The van der Waals surface area contributed by atoms with Crippen molar-refractivity contribution in [1.29, 1.82) is 0 Å². The second-order valence-electron chi connectivity index (χ2n) is 13.8. The number of amides is 1. The number of hydrogen-bond donors (Lipinski definition) is 5. The monoisotopic (exact) mass is 645 g/mol. The van der Waals surface area contributed by atoms with Crippen molar-refractivity contribution in [2.45, 2.75) is 31.0 Å². The molecule has 12 nitrogen and oxygen atoms in total. The van der Waals surface area contributed by atoms with Crippen LogP contribution in [0.2, 0.25) is 0 Å². The molecule has 12 heteroatoms. The van der Waals surface area contributed by atoms with E-state index in [9.17, 15) is 34.8 Å². The largest absolute Gasteiger partial charge is 0.508 e. The number of carbonyl (C=O) groups is 3. The first-order valence-corrected chi connectivity index (χ1v) is 15.9. The van der Waals surface area contributed by atoms with Gasteiger partial charge >= 0.3 is 0 Å². The number of rotatable bonds is 6. The molecular weight excluding hydrogens is 602 g/mol. The van der Waals surface area contributed by atoms with Crippen molar-refractivity contribution in [2.75, 3.05) is 66.3 Å². The molecule has 0 bridgehead atoms. The Balaban J connectivity index is 1.48. The second kappa shape index (κ2) is 11.8. The molecule has 6 N–H and O–H groups in total. The van der Waals surface area contributed by atoms with Gasteiger partial charge in [-0.15, -0.1) is 0 Å². The number of likely N-dealkylation sites (N-methyl/N-ethyl adjacent to an activating group) is 2. The highest BCUT2D eigenvalue weighted by Gasteiger charge is 2.64. The lowest BCUT2D eigenvalue weighted by Crippen LogP contribution is -2.65. The smallest absolute Gasteiger partial charge is 0.255 e. The summed E-state index contributed by atoms with van der Waals surface area (Å²) in [6.45, 7) is 4.64. The molecule has 0 unspecified atom stereocenters. The molecule has 4 atom stereocenters. The maximum Gasteiger partial charge on any atom is 0.255 e. The molecule has 0 aromatic heterocycles. The van der Waals surface area contributed by atoms with E-state index >= 15 is 0 Å². The summed E-state index contributed by atoms with van der Waals surface area (Å²) in [5, 5.41) is 46.8. The predicted molar refractivity (Wildman–Crippen MR) is 177 cm³/mol. The Morgan fingerprint density at radius 3 is 2.34 bits per heavy atom. The van der Waals surface area contributed by atoms with Crippen molar-refractivity contribution in [3.63, 3.8) is 0 Å². The van der Waals surface area contributed by atoms with Crippen molar-refractivity contribution < 1.29 is 34.8 Å². The number of aromatic hydroxyl groups is 1. The predicted octanol–water partition coefficient (Wildman–Crippen LogP) is 1.44. The van der Waals surface area contributed by atoms with E-state index in [0.717, 1.165) is 49.5 Å². The molecule has 0 radical (unpaired) electrons. The van der Waals surface area contributed by atoms with Crippen molar-refractivity contribution in [1.82, 2.24) is 14.7 Å². The lowest BCUT2D eigenvalue weighted by Gasteiger charge is -2.50. The molecule has 2 fully saturated rings. The summed E-state index contributed by atoms with van der Waals surface area (Å²) in [6.07, 6.45) is 0.259. The van der Waals surface area contributed by atoms with E-state index in [0.29, 0.717) is 11.1 Å². The van der Waals surface area contributed by atoms with E-state index in [4.69, 9.17) is 5.73 Å². The van der Waals surface area contributed by atoms with Crippen LogP contribution in [0.5, 0.6) is 5.75 Å². The van der Waals surface area contributed by atoms with E-state index in [1.54, 1.807) is 14.1 Å². The van der Waals surface area contributed by atoms with Gasteiger partial charge in [-0.1, -0.05) is 18.2 Å². The van der Waals surface area contributed by atoms with Crippen molar-refractivity contribution in [3.05, 3.63) is 63.9 Å². The normalized spacial score (nSPS) is 26.7. The number of phenolic OH excluding ortho intramolecular Hbond substituents is 1. The van der Waals surface area contributed by atoms with E-state index in [2.05, 4.69) is 16.8 Å². The van der Waals surface area contributed by atoms with Crippen LogP contribution in [0.3, 0.4) is 0 Å². The number of piperazine rings is 1. The van der Waals surface area contributed by atoms with Gasteiger partial charge in [-0.3, -0.25) is 24.2 Å². The van der Waals surface area contributed by atoms with Crippen LogP contribution < -0.4 is 10.6 Å². The molecule has 1 heterocycles. The first-order chi connectivity index (χ1) is 22.2. The minimum Gasteiger partial charge on any atom is -0.508 e. The molecular formula is C35H43N5O7. The molecule has 1 amide bonds. The van der Waals surface area contributed by atoms with Crippen LogP contribution in [-0.4, -0.2) is 126 Å². The number of nitrogens with zero attached hydrogens (tertiary/aromatic N) is 4. The van der Waals surface area contributed by atoms with Gasteiger partial charge in [0, 0.05) is 69.6 Å². The molecule has 4 aliphatic rings. The quantitative estimate of drug-likeness (QED) is 0.288. The Kier molecular flexibility index (Phi) is 8.20. The number of aliphatic hydroxyl groups excluding tert-OH is 2. The summed E-state index contributed by atoms with van der Waals surface area (Å²) in [6, 6.07) is 8.63. The average molecular weight is 646 g/mol. The number of benzene rings is 2. The molecule has 1 saturated carbocycles. The summed E-state index contributed by atoms with van der Waals surface area (Å²) in [7, 11) is 8.99. The highest BCUT2D eigenvalue weighted by molar-refractivity contribution is 6.24. The number of carbonyl (C=O) groups excluding carboxylic acids is 3. The Labute approximate surface area is 274 Å². The van der Waals surface area contributed by atoms with Gasteiger partial charge in [-0.05, 0) is 68.7 Å². The summed E-state index contributed by atoms with van der Waals surface area (Å²) in [5.74, 6) is -6.65. The first kappa shape index (κ1) is 32.7. The maximum absolute atomic E-state index is 14.3. The van der Waals surface area contributed by atoms with Crippen LogP contribution in [-0.2, 0) is 27.3 Å². The third-order valence-electron chi connectivity index (χ3n) is 10.4. The van der Waals surface area contributed by atoms with Gasteiger partial charge in [0.05, 0.1) is 11.6 Å². The van der Waals surface area contributed by atoms with Gasteiger partial charge in [0.15, 0.2) is 11.4 Å². The van der Waals surface area contributed by atoms with E-state index in [1.165, 1.54) is 4.90 Å². The topological polar surface area (TPSA) is 171 Å². The second-order valence-corrected chi connectivity index (χ2v) is 13.8. The van der Waals surface area contributed by atoms with Crippen LogP contribution in [0.1, 0.15) is 23.1 Å². The number of phenols is 1. The number of anilines is 1. The first-order valence-electron chi connectivity index (χ1n) is 15.9. The minimum atomic E-state index is -2.68. The molecule has 2 aromatic carbocycles. The molecule has 3 aliphatic carbocycles. The number of hydrogen-bond acceptors (Lipinski definition) is 11. The molecule has 1 aliphatic heterocycles. The Hall–Kier alpha value is -4.23. The summed E-state index contributed by atoms with van der Waals surface area (Å²) >= 11 is 0. The van der Waals surface area contributed by atoms with Crippen LogP contribution >= 0.6 is 0 Å². The fourth-order valence-corrected chi connectivity index (χ4v) is 8.01. The standard InChI is InChI=1S/C35H43N5O7/c1-37(2)24-16-21(19-8-6-7-18(13-19)17-40-11-9-39(5)10-12-40)29(41)26-22(24)14-20-15-23-28(38(3)4)31(43)27(34(36)46)33(45)35(23,47)32(44)25(20)30(26)42/h6-8,13,16,20,23,28,41-42,45,47H,9-12,14-15,17H2,1-5H3,(H2,36,46)/t20-,23-,28-,35-/m0/s1. The Morgan fingerprint density at radius 2 is 1.72 bits per heavy atom. The summed E-state index contributed by atoms with van der Waals surface area (Å²) in [5.41, 5.74) is 5.47. The maximum atomic E-state index is 14.3. The van der Waals surface area contributed by atoms with Crippen LogP contribution in [0.25, 0.3) is 16.9 Å². The van der Waals surface area contributed by atoms with Crippen molar-refractivity contribution in [2.24, 2.45) is 17.6 Å². The third kappa shape index (κ3) is 5.10. The van der Waals surface area contributed by atoms with Gasteiger partial charge in [0.1, 0.15) is 22.8 Å². The zero-order chi connectivity index (χ0) is 34.1. The number of fused-ring (bicyclic) bond motifs is 3. The molecule has 250 valence electrons. The number of Topliss-reactive ketones (excluding diaryl/α,β-unsaturated/α-hetero) is 2. The Bertz CT molecular complexity index is 1740. The number of primary amides is 1. The van der Waals surface area contributed by atoms with Crippen LogP contribution in [0, 0.1) is 11.8 Å². The molecule has 47 heavy (non-hydrogen) atoms. The van der Waals surface area contributed by atoms with Gasteiger partial charge in [-0.25, -0.2) is 0 Å². The Morgan fingerprint density at radius 1 is 1.04 bits per heavy atom. The van der Waals surface area contributed by atoms with E-state index in [-0.39, 0.29) is 29.7 Å². The molecule has 1 saturated heterocycles. The van der Waals surface area contributed by atoms with Crippen molar-refractivity contribution >= 4 is 28.9 Å². The van der Waals surface area contributed by atoms with Gasteiger partial charge in [0.25, 0.3) is 5.91 Å². The van der Waals surface area contributed by atoms with Crippen LogP contribution in [0.4, 0.5) is 5.69 Å². The molecule has 6 rings (SSSR count). The molecule has 2 aromatic rings. The van der Waals surface area contributed by atoms with E-state index in [1.807, 2.05) is 49.3 Å². The molecule has 0 spiro atoms. The number of ketones is 2. The summed E-state index contributed by atoms with van der Waals surface area (Å²) < 4.78 is 0. The zero-order valence-corrected chi connectivity index (χ0v) is 27.4. The SMILES string of the molecule is CN1CCN(Cc2cccc(-c3cc(N(C)C)c4c(c3O)C(O)=C3C(=O)[C@]5(O)C(O)=C(C(N)=O)C(=O)[C@@H](N(C)C)[C@@H]5C[C@@H]3C4)c2)CC1. The lowest BCUT2D eigenvalue weighted by atomic mass is 9.57. The highest BCUT2D eigenvalue weighted by Crippen LogP contribution is 2.55. The van der Waals surface area contributed by atoms with Gasteiger partial charge < -0.3 is 36.0 Å². The number of aliphatic hydroxyl groups is 3. The van der Waals surface area contributed by atoms with Crippen LogP contribution in [0.15, 0.2) is 47.2 Å². The number of nitrogens with two attached hydrogens (primary N) is 1. The third-order valence-corrected chi connectivity index (χ3v) is 10.4. The van der Waals surface area contributed by atoms with E-state index < -0.39 is 58.0 Å².